The molecule has 1 unspecified atom stereocenters. The maximum absolute atomic E-state index is 12.9. The van der Waals surface area contributed by atoms with Gasteiger partial charge in [-0.1, -0.05) is 0 Å². The number of aliphatic hydroxyl groups is 1. The van der Waals surface area contributed by atoms with E-state index in [9.17, 15) is 14.3 Å². The number of benzene rings is 1. The topological polar surface area (TPSA) is 62.7 Å². The van der Waals surface area contributed by atoms with Gasteiger partial charge in [-0.2, -0.15) is 0 Å². The van der Waals surface area contributed by atoms with E-state index >= 15 is 0 Å². The summed E-state index contributed by atoms with van der Waals surface area (Å²) in [5, 5.41) is 13.7. The number of carbonyl (C=O) groups is 1. The van der Waals surface area contributed by atoms with Crippen LogP contribution in [-0.2, 0) is 11.2 Å². The number of carbonyl (C=O) groups excluding carboxylic acids is 1. The monoisotopic (exact) mass is 378 g/mol. The van der Waals surface area contributed by atoms with Crippen molar-refractivity contribution in [2.45, 2.75) is 38.2 Å². The molecule has 0 saturated carbocycles. The predicted octanol–water partition coefficient (Wildman–Crippen LogP) is 2.96. The summed E-state index contributed by atoms with van der Waals surface area (Å²) >= 11 is 1.54. The Bertz CT molecular complexity index is 749. The molecule has 1 saturated heterocycles. The van der Waals surface area contributed by atoms with E-state index < -0.39 is 5.60 Å². The van der Waals surface area contributed by atoms with Gasteiger partial charge in [0.05, 0.1) is 17.1 Å². The molecule has 140 valence electrons. The Balaban J connectivity index is 1.53. The van der Waals surface area contributed by atoms with Crippen molar-refractivity contribution in [3.63, 3.8) is 0 Å². The van der Waals surface area contributed by atoms with Gasteiger partial charge in [-0.3, -0.25) is 4.79 Å². The highest BCUT2D eigenvalue weighted by Crippen LogP contribution is 2.24. The van der Waals surface area contributed by atoms with Crippen molar-refractivity contribution in [2.24, 2.45) is 0 Å². The molecule has 2 aromatic rings. The van der Waals surface area contributed by atoms with Crippen LogP contribution in [0, 0.1) is 12.7 Å². The van der Waals surface area contributed by atoms with Gasteiger partial charge in [-0.05, 0) is 50.5 Å². The Morgan fingerprint density at radius 1 is 1.35 bits per heavy atom. The minimum atomic E-state index is -0.985. The van der Waals surface area contributed by atoms with Crippen LogP contribution in [0.5, 0.6) is 5.75 Å². The quantitative estimate of drug-likeness (QED) is 0.869. The van der Waals surface area contributed by atoms with Crippen molar-refractivity contribution in [3.05, 3.63) is 46.2 Å². The van der Waals surface area contributed by atoms with E-state index in [0.29, 0.717) is 44.5 Å². The highest BCUT2D eigenvalue weighted by molar-refractivity contribution is 7.09. The molecule has 5 nitrogen and oxygen atoms in total. The third kappa shape index (κ3) is 5.02. The van der Waals surface area contributed by atoms with Crippen LogP contribution in [0.2, 0.25) is 0 Å². The Labute approximate surface area is 156 Å². The van der Waals surface area contributed by atoms with Gasteiger partial charge in [-0.25, -0.2) is 9.37 Å². The van der Waals surface area contributed by atoms with Gasteiger partial charge in [-0.15, -0.1) is 11.3 Å². The van der Waals surface area contributed by atoms with Crippen LogP contribution >= 0.6 is 11.3 Å². The number of rotatable bonds is 5. The third-order valence-corrected chi connectivity index (χ3v) is 5.41. The van der Waals surface area contributed by atoms with Gasteiger partial charge < -0.3 is 14.7 Å². The number of aromatic nitrogens is 1. The summed E-state index contributed by atoms with van der Waals surface area (Å²) in [6, 6.07) is 5.74. The summed E-state index contributed by atoms with van der Waals surface area (Å²) < 4.78 is 18.6. The molecule has 1 aliphatic heterocycles. The molecule has 1 atom stereocenters. The number of likely N-dealkylation sites (tertiary alicyclic amines) is 1. The summed E-state index contributed by atoms with van der Waals surface area (Å²) in [6.07, 6.45) is 2.03. The summed E-state index contributed by atoms with van der Waals surface area (Å²) in [4.78, 5) is 18.6. The van der Waals surface area contributed by atoms with Crippen molar-refractivity contribution in [1.82, 2.24) is 9.88 Å². The lowest BCUT2D eigenvalue weighted by molar-refractivity contribution is -0.130. The van der Waals surface area contributed by atoms with E-state index in [1.54, 1.807) is 28.4 Å². The fourth-order valence-electron chi connectivity index (χ4n) is 3.08. The fourth-order valence-corrected chi connectivity index (χ4v) is 3.69. The summed E-state index contributed by atoms with van der Waals surface area (Å²) in [6.45, 7) is 3.17. The molecule has 2 heterocycles. The third-order valence-electron chi connectivity index (χ3n) is 4.59. The Morgan fingerprint density at radius 3 is 2.81 bits per heavy atom. The maximum Gasteiger partial charge on any atom is 0.228 e. The predicted molar refractivity (Wildman–Crippen MR) is 97.8 cm³/mol. The fraction of sp³-hybridized carbons (Fsp3) is 0.474. The molecule has 3 rings (SSSR count). The van der Waals surface area contributed by atoms with Crippen LogP contribution in [0.3, 0.4) is 0 Å². The minimum absolute atomic E-state index is 0.0407. The Kier molecular flexibility index (Phi) is 5.88. The first-order valence-corrected chi connectivity index (χ1v) is 9.61. The molecule has 0 bridgehead atoms. The van der Waals surface area contributed by atoms with E-state index in [1.807, 2.05) is 12.3 Å². The molecule has 1 amide bonds. The number of halogens is 1. The second-order valence-electron chi connectivity index (χ2n) is 6.74. The van der Waals surface area contributed by atoms with Gasteiger partial charge in [0.15, 0.2) is 0 Å². The number of hydrogen-bond donors (Lipinski definition) is 1. The van der Waals surface area contributed by atoms with Gasteiger partial charge in [0.25, 0.3) is 0 Å². The first-order valence-electron chi connectivity index (χ1n) is 8.73. The average Bonchev–Trinajstić information content (AvgIpc) is 2.91. The van der Waals surface area contributed by atoms with Gasteiger partial charge in [0.1, 0.15) is 23.8 Å². The molecule has 1 aromatic carbocycles. The molecule has 0 radical (unpaired) electrons. The lowest BCUT2D eigenvalue weighted by Crippen LogP contribution is -2.38. The van der Waals surface area contributed by atoms with Crippen LogP contribution in [0.25, 0.3) is 0 Å². The van der Waals surface area contributed by atoms with Crippen LogP contribution < -0.4 is 4.74 Å². The molecule has 1 aromatic heterocycles. The molecule has 0 spiro atoms. The lowest BCUT2D eigenvalue weighted by Gasteiger charge is -2.27. The molecular weight excluding hydrogens is 355 g/mol. The zero-order valence-corrected chi connectivity index (χ0v) is 15.6. The zero-order valence-electron chi connectivity index (χ0n) is 14.8. The Morgan fingerprint density at radius 2 is 2.12 bits per heavy atom. The highest BCUT2D eigenvalue weighted by Gasteiger charge is 2.32. The molecule has 1 fully saturated rings. The summed E-state index contributed by atoms with van der Waals surface area (Å²) in [5.74, 6) is 0.241. The van der Waals surface area contributed by atoms with Gasteiger partial charge in [0, 0.05) is 18.5 Å². The number of hydrogen-bond acceptors (Lipinski definition) is 5. The highest BCUT2D eigenvalue weighted by atomic mass is 32.1. The second-order valence-corrected chi connectivity index (χ2v) is 7.80. The normalized spacial score (nSPS) is 20.7. The van der Waals surface area contributed by atoms with Crippen LogP contribution in [0.15, 0.2) is 29.6 Å². The minimum Gasteiger partial charge on any atom is -0.491 e. The van der Waals surface area contributed by atoms with Crippen molar-refractivity contribution >= 4 is 17.2 Å². The summed E-state index contributed by atoms with van der Waals surface area (Å²) in [7, 11) is 0. The maximum atomic E-state index is 12.9. The Hall–Kier alpha value is -1.99. The summed E-state index contributed by atoms with van der Waals surface area (Å²) in [5.41, 5.74) is -0.183. The lowest BCUT2D eigenvalue weighted by atomic mass is 9.96. The average molecular weight is 378 g/mol. The second kappa shape index (κ2) is 8.14. The molecular formula is C19H23FN2O3S. The number of ether oxygens (including phenoxy) is 1. The number of nitrogens with zero attached hydrogens (tertiary/aromatic N) is 2. The van der Waals surface area contributed by atoms with E-state index in [0.717, 1.165) is 10.7 Å². The van der Waals surface area contributed by atoms with Crippen molar-refractivity contribution in [3.8, 4) is 5.75 Å². The number of thiazole rings is 1. The molecule has 7 heteroatoms. The van der Waals surface area contributed by atoms with Crippen LogP contribution in [0.4, 0.5) is 4.39 Å². The van der Waals surface area contributed by atoms with Crippen molar-refractivity contribution < 1.29 is 19.0 Å². The van der Waals surface area contributed by atoms with E-state index in [4.69, 9.17) is 4.74 Å². The van der Waals surface area contributed by atoms with E-state index in [1.165, 1.54) is 12.1 Å². The smallest absolute Gasteiger partial charge is 0.228 e. The van der Waals surface area contributed by atoms with Gasteiger partial charge >= 0.3 is 0 Å². The van der Waals surface area contributed by atoms with Crippen LogP contribution in [-0.4, -0.2) is 46.2 Å². The molecule has 1 N–H and O–H groups in total. The first-order chi connectivity index (χ1) is 12.4. The molecule has 26 heavy (non-hydrogen) atoms. The van der Waals surface area contributed by atoms with E-state index in [-0.39, 0.29) is 18.3 Å². The standard InChI is InChI=1S/C19H23FN2O3S/c1-14-21-16(12-26-14)11-18(23)22-9-2-7-19(24,8-10-22)13-25-17-5-3-15(20)4-6-17/h3-6,12,24H,2,7-11,13H2,1H3. The molecule has 1 aliphatic rings. The van der Waals surface area contributed by atoms with Crippen molar-refractivity contribution in [1.29, 1.82) is 0 Å². The van der Waals surface area contributed by atoms with Crippen LogP contribution in [0.1, 0.15) is 30.0 Å². The number of amides is 1. The van der Waals surface area contributed by atoms with Gasteiger partial charge in [0.2, 0.25) is 5.91 Å². The van der Waals surface area contributed by atoms with Crippen molar-refractivity contribution in [2.75, 3.05) is 19.7 Å². The first kappa shape index (κ1) is 18.8. The molecule has 0 aliphatic carbocycles. The number of aryl methyl sites for hydroxylation is 1. The van der Waals surface area contributed by atoms with E-state index in [2.05, 4.69) is 4.98 Å². The zero-order chi connectivity index (χ0) is 18.6. The largest absolute Gasteiger partial charge is 0.491 e. The SMILES string of the molecule is Cc1nc(CC(=O)N2CCCC(O)(COc3ccc(F)cc3)CC2)cs1.